The molecule has 0 radical (unpaired) electrons. The number of aliphatic hydroxyl groups is 1. The van der Waals surface area contributed by atoms with Crippen molar-refractivity contribution in [3.05, 3.63) is 39.9 Å². The molecule has 0 aliphatic rings. The first-order chi connectivity index (χ1) is 12.6. The minimum absolute atomic E-state index is 0.201. The largest absolute Gasteiger partial charge is 0.481 e. The molecule has 0 aliphatic heterocycles. The van der Waals surface area contributed by atoms with Gasteiger partial charge in [-0.15, -0.1) is 0 Å². The Hall–Kier alpha value is -2.43. The summed E-state index contributed by atoms with van der Waals surface area (Å²) in [6, 6.07) is 3.68. The number of ether oxygens (including phenoxy) is 1. The number of carbonyl (C=O) groups excluding carboxylic acids is 2. The number of benzene rings is 1. The highest BCUT2D eigenvalue weighted by Gasteiger charge is 2.27. The second-order valence-electron chi connectivity index (χ2n) is 5.29. The smallest absolute Gasteiger partial charge is 0.306 e. The van der Waals surface area contributed by atoms with E-state index in [2.05, 4.69) is 5.32 Å². The average Bonchev–Trinajstić information content (AvgIpc) is 2.62. The Labute approximate surface area is 163 Å². The van der Waals surface area contributed by atoms with Gasteiger partial charge in [-0.2, -0.15) is 0 Å². The summed E-state index contributed by atoms with van der Waals surface area (Å²) in [4.78, 5) is 42.3. The number of aliphatic hydroxyl groups excluding tert-OH is 1. The van der Waals surface area contributed by atoms with E-state index < -0.39 is 59.2 Å². The molecule has 1 aromatic carbocycles. The van der Waals surface area contributed by atoms with Crippen molar-refractivity contribution in [3.63, 3.8) is 0 Å². The molecule has 0 heterocycles. The van der Waals surface area contributed by atoms with Gasteiger partial charge in [-0.05, 0) is 17.7 Å². The molecule has 0 fully saturated rings. The predicted molar refractivity (Wildman–Crippen MR) is 93.3 cm³/mol. The topological polar surface area (TPSA) is 156 Å². The lowest BCUT2D eigenvalue weighted by atomic mass is 10.0. The normalized spacial score (nSPS) is 12.9. The van der Waals surface area contributed by atoms with Crippen LogP contribution in [0.25, 0.3) is 0 Å². The maximum Gasteiger partial charge on any atom is 0.306 e. The molecule has 0 spiro atoms. The number of hydrogen-bond acceptors (Lipinski definition) is 7. The lowest BCUT2D eigenvalue weighted by Crippen LogP contribution is -2.45. The molecule has 10 nitrogen and oxygen atoms in total. The number of carboxylic acids is 1. The van der Waals surface area contributed by atoms with Crippen molar-refractivity contribution >= 4 is 46.7 Å². The molecule has 0 saturated carbocycles. The number of carbonyl (C=O) groups is 3. The van der Waals surface area contributed by atoms with Gasteiger partial charge < -0.3 is 20.3 Å². The number of aliphatic carboxylic acids is 1. The number of amides is 1. The van der Waals surface area contributed by atoms with E-state index in [0.29, 0.717) is 0 Å². The van der Waals surface area contributed by atoms with Gasteiger partial charge in [0.05, 0.1) is 23.8 Å². The number of carboxylic acid groups (broad SMARTS) is 1. The van der Waals surface area contributed by atoms with E-state index in [-0.39, 0.29) is 11.3 Å². The Morgan fingerprint density at radius 3 is 2.26 bits per heavy atom. The number of non-ortho nitro benzene ring substituents is 1. The summed E-state index contributed by atoms with van der Waals surface area (Å²) in [7, 11) is 0. The maximum atomic E-state index is 11.7. The van der Waals surface area contributed by atoms with Gasteiger partial charge in [0.15, 0.2) is 4.84 Å². The third-order valence-corrected chi connectivity index (χ3v) is 3.72. The summed E-state index contributed by atoms with van der Waals surface area (Å²) in [5.74, 6) is -2.89. The first-order valence-electron chi connectivity index (χ1n) is 7.50. The Morgan fingerprint density at radius 1 is 1.19 bits per heavy atom. The third-order valence-electron chi connectivity index (χ3n) is 3.32. The van der Waals surface area contributed by atoms with Gasteiger partial charge in [-0.3, -0.25) is 24.5 Å². The molecule has 1 aromatic rings. The van der Waals surface area contributed by atoms with Crippen LogP contribution >= 0.6 is 23.2 Å². The van der Waals surface area contributed by atoms with E-state index in [1.165, 1.54) is 12.1 Å². The van der Waals surface area contributed by atoms with Gasteiger partial charge in [0.25, 0.3) is 11.6 Å². The molecule has 3 N–H and O–H groups in total. The first kappa shape index (κ1) is 22.6. The average molecular weight is 423 g/mol. The minimum Gasteiger partial charge on any atom is -0.481 e. The third kappa shape index (κ3) is 7.77. The molecule has 0 bridgehead atoms. The van der Waals surface area contributed by atoms with E-state index in [4.69, 9.17) is 33.0 Å². The van der Waals surface area contributed by atoms with Gasteiger partial charge in [0.2, 0.25) is 0 Å². The fourth-order valence-corrected chi connectivity index (χ4v) is 2.07. The second-order valence-corrected chi connectivity index (χ2v) is 6.38. The number of hydrogen-bond donors (Lipinski definition) is 3. The standard InChI is InChI=1S/C15H16Cl2N2O8/c16-14(17)15(24)18-10(7-27-12(22)6-5-11(20)21)13(23)8-1-3-9(4-2-8)19(25)26/h1-4,10,13-14,23H,5-7H2,(H,18,24)(H,20,21)/t10-,13-/m1/s1. The van der Waals surface area contributed by atoms with Crippen LogP contribution in [0.2, 0.25) is 0 Å². The molecule has 0 saturated heterocycles. The van der Waals surface area contributed by atoms with Crippen molar-refractivity contribution < 1.29 is 34.3 Å². The van der Waals surface area contributed by atoms with Crippen LogP contribution in [0.3, 0.4) is 0 Å². The molecule has 0 aromatic heterocycles. The minimum atomic E-state index is -1.45. The van der Waals surface area contributed by atoms with Crippen molar-refractivity contribution in [3.8, 4) is 0 Å². The Morgan fingerprint density at radius 2 is 1.78 bits per heavy atom. The Bertz CT molecular complexity index is 696. The van der Waals surface area contributed by atoms with Crippen LogP contribution < -0.4 is 5.32 Å². The molecule has 0 unspecified atom stereocenters. The lowest BCUT2D eigenvalue weighted by Gasteiger charge is -2.24. The molecular formula is C15H16Cl2N2O8. The Balaban J connectivity index is 2.85. The van der Waals surface area contributed by atoms with E-state index >= 15 is 0 Å². The van der Waals surface area contributed by atoms with Gasteiger partial charge in [0, 0.05) is 12.1 Å². The van der Waals surface area contributed by atoms with E-state index in [1.807, 2.05) is 0 Å². The quantitative estimate of drug-likeness (QED) is 0.220. The van der Waals surface area contributed by atoms with Crippen LogP contribution in [0.15, 0.2) is 24.3 Å². The van der Waals surface area contributed by atoms with Gasteiger partial charge in [0.1, 0.15) is 12.7 Å². The highest BCUT2D eigenvalue weighted by atomic mass is 35.5. The summed E-state index contributed by atoms with van der Waals surface area (Å²) in [6.45, 7) is -0.497. The van der Waals surface area contributed by atoms with Crippen LogP contribution in [-0.2, 0) is 19.1 Å². The molecule has 1 rings (SSSR count). The number of nitro benzene ring substituents is 1. The Kier molecular flexibility index (Phi) is 8.92. The molecule has 0 aliphatic carbocycles. The molecule has 148 valence electrons. The van der Waals surface area contributed by atoms with Crippen LogP contribution in [0.4, 0.5) is 5.69 Å². The summed E-state index contributed by atoms with van der Waals surface area (Å²) >= 11 is 10.9. The van der Waals surface area contributed by atoms with Crippen LogP contribution in [0.5, 0.6) is 0 Å². The number of rotatable bonds is 10. The van der Waals surface area contributed by atoms with Crippen molar-refractivity contribution in [2.75, 3.05) is 6.61 Å². The van der Waals surface area contributed by atoms with Crippen molar-refractivity contribution in [1.82, 2.24) is 5.32 Å². The zero-order valence-electron chi connectivity index (χ0n) is 13.7. The van der Waals surface area contributed by atoms with E-state index in [9.17, 15) is 29.6 Å². The highest BCUT2D eigenvalue weighted by molar-refractivity contribution is 6.53. The molecule has 1 amide bonds. The van der Waals surface area contributed by atoms with Crippen LogP contribution in [-0.4, -0.2) is 50.5 Å². The fourth-order valence-electron chi connectivity index (χ4n) is 1.95. The van der Waals surface area contributed by atoms with Crippen LogP contribution in [0.1, 0.15) is 24.5 Å². The molecule has 2 atom stereocenters. The summed E-state index contributed by atoms with van der Waals surface area (Å²) in [5, 5.41) is 31.9. The van der Waals surface area contributed by atoms with Gasteiger partial charge >= 0.3 is 11.9 Å². The zero-order chi connectivity index (χ0) is 20.6. The molecule has 12 heteroatoms. The number of halogens is 2. The van der Waals surface area contributed by atoms with Crippen molar-refractivity contribution in [1.29, 1.82) is 0 Å². The van der Waals surface area contributed by atoms with E-state index in [1.54, 1.807) is 0 Å². The summed E-state index contributed by atoms with van der Waals surface area (Å²) in [6.07, 6.45) is -2.24. The molecular weight excluding hydrogens is 407 g/mol. The number of esters is 1. The number of nitrogens with one attached hydrogen (secondary N) is 1. The predicted octanol–water partition coefficient (Wildman–Crippen LogP) is 1.32. The van der Waals surface area contributed by atoms with Crippen molar-refractivity contribution in [2.45, 2.75) is 29.8 Å². The second kappa shape index (κ2) is 10.7. The fraction of sp³-hybridized carbons (Fsp3) is 0.400. The summed E-state index contributed by atoms with van der Waals surface area (Å²) in [5.41, 5.74) is 0.00129. The number of nitrogens with zero attached hydrogens (tertiary/aromatic N) is 1. The number of alkyl halides is 2. The molecule has 27 heavy (non-hydrogen) atoms. The van der Waals surface area contributed by atoms with Crippen molar-refractivity contribution in [2.24, 2.45) is 0 Å². The zero-order valence-corrected chi connectivity index (χ0v) is 15.2. The van der Waals surface area contributed by atoms with Gasteiger partial charge in [-0.25, -0.2) is 0 Å². The summed E-state index contributed by atoms with van der Waals surface area (Å²) < 4.78 is 4.87. The van der Waals surface area contributed by atoms with Gasteiger partial charge in [-0.1, -0.05) is 23.2 Å². The van der Waals surface area contributed by atoms with E-state index in [0.717, 1.165) is 12.1 Å². The SMILES string of the molecule is O=C(O)CCC(=O)OC[C@@H](NC(=O)C(Cl)Cl)[C@H](O)c1ccc([N+](=O)[O-])cc1. The lowest BCUT2D eigenvalue weighted by molar-refractivity contribution is -0.384. The maximum absolute atomic E-state index is 11.7. The monoisotopic (exact) mass is 422 g/mol. The first-order valence-corrected chi connectivity index (χ1v) is 8.37. The number of nitro groups is 1. The van der Waals surface area contributed by atoms with Crippen LogP contribution in [0, 0.1) is 10.1 Å². The highest BCUT2D eigenvalue weighted by Crippen LogP contribution is 2.21.